The average Bonchev–Trinajstić information content (AvgIpc) is 2.51. The Hall–Kier alpha value is -2.62. The van der Waals surface area contributed by atoms with Crippen LogP contribution in [0, 0.1) is 6.92 Å². The molecular formula is C17H19N3O. The van der Waals surface area contributed by atoms with Crippen molar-refractivity contribution in [2.45, 2.75) is 20.8 Å². The zero-order valence-electron chi connectivity index (χ0n) is 12.5. The molecule has 0 saturated carbocycles. The first-order chi connectivity index (χ1) is 10.1. The predicted octanol–water partition coefficient (Wildman–Crippen LogP) is 3.51. The maximum atomic E-state index is 12.1. The molecular weight excluding hydrogens is 262 g/mol. The van der Waals surface area contributed by atoms with Gasteiger partial charge >= 0.3 is 0 Å². The number of aryl methyl sites for hydroxylation is 1. The fourth-order valence-electron chi connectivity index (χ4n) is 2.08. The number of benzene rings is 2. The Labute approximate surface area is 123 Å². The fraction of sp³-hybridized carbons (Fsp3) is 0.176. The van der Waals surface area contributed by atoms with Gasteiger partial charge in [-0.05, 0) is 42.8 Å². The number of nitrogen functional groups attached to an aromatic ring is 1. The van der Waals surface area contributed by atoms with E-state index in [-0.39, 0.29) is 5.56 Å². The first-order valence-electron chi connectivity index (χ1n) is 7.01. The lowest BCUT2D eigenvalue weighted by atomic mass is 10.1. The number of fused-ring (bicyclic) bond motifs is 1. The Kier molecular flexibility index (Phi) is 4.38. The van der Waals surface area contributed by atoms with E-state index in [9.17, 15) is 4.79 Å². The van der Waals surface area contributed by atoms with Crippen LogP contribution in [0.5, 0.6) is 0 Å². The van der Waals surface area contributed by atoms with E-state index in [0.717, 1.165) is 16.6 Å². The van der Waals surface area contributed by atoms with Crippen LogP contribution in [0.1, 0.15) is 19.4 Å². The minimum absolute atomic E-state index is 0.125. The Morgan fingerprint density at radius 3 is 2.38 bits per heavy atom. The van der Waals surface area contributed by atoms with Crippen molar-refractivity contribution < 1.29 is 0 Å². The largest absolute Gasteiger partial charge is 0.399 e. The van der Waals surface area contributed by atoms with Gasteiger partial charge in [-0.2, -0.15) is 0 Å². The monoisotopic (exact) mass is 281 g/mol. The second-order valence-electron chi connectivity index (χ2n) is 4.51. The quantitative estimate of drug-likeness (QED) is 0.670. The molecule has 3 rings (SSSR count). The predicted molar refractivity (Wildman–Crippen MR) is 88.3 cm³/mol. The lowest BCUT2D eigenvalue weighted by Crippen LogP contribution is -2.10. The summed E-state index contributed by atoms with van der Waals surface area (Å²) in [5.74, 6) is 0.562. The molecule has 3 aromatic rings. The zero-order chi connectivity index (χ0) is 15.4. The molecule has 0 atom stereocenters. The molecule has 0 unspecified atom stereocenters. The van der Waals surface area contributed by atoms with Crippen LogP contribution in [0.15, 0.2) is 47.3 Å². The standard InChI is InChI=1S/C15H13N3O.C2H6/c1-9-3-2-4-12-13(9)17-14(18-15(12)19)10-5-7-11(16)8-6-10;1-2/h2-8H,16H2,1H3,(H,17,18,19);1-2H3. The number of aromatic amines is 1. The molecule has 108 valence electrons. The Morgan fingerprint density at radius 1 is 1.05 bits per heavy atom. The summed E-state index contributed by atoms with van der Waals surface area (Å²) in [6, 6.07) is 12.9. The van der Waals surface area contributed by atoms with Gasteiger partial charge in [0.1, 0.15) is 5.82 Å². The minimum atomic E-state index is -0.125. The fourth-order valence-corrected chi connectivity index (χ4v) is 2.08. The van der Waals surface area contributed by atoms with Gasteiger partial charge in [0.25, 0.3) is 5.56 Å². The third-order valence-electron chi connectivity index (χ3n) is 3.12. The summed E-state index contributed by atoms with van der Waals surface area (Å²) in [4.78, 5) is 19.4. The highest BCUT2D eigenvalue weighted by atomic mass is 16.1. The van der Waals surface area contributed by atoms with Gasteiger partial charge in [-0.15, -0.1) is 0 Å². The van der Waals surface area contributed by atoms with Crippen LogP contribution in [-0.2, 0) is 0 Å². The highest BCUT2D eigenvalue weighted by Gasteiger charge is 2.07. The number of nitrogens with zero attached hydrogens (tertiary/aromatic N) is 1. The first-order valence-corrected chi connectivity index (χ1v) is 7.01. The van der Waals surface area contributed by atoms with Gasteiger partial charge in [0, 0.05) is 11.3 Å². The van der Waals surface area contributed by atoms with Crippen molar-refractivity contribution in [3.8, 4) is 11.4 Å². The summed E-state index contributed by atoms with van der Waals surface area (Å²) in [6.45, 7) is 5.95. The van der Waals surface area contributed by atoms with Gasteiger partial charge in [-0.3, -0.25) is 4.79 Å². The molecule has 1 aromatic heterocycles. The molecule has 0 radical (unpaired) electrons. The topological polar surface area (TPSA) is 71.8 Å². The molecule has 4 heteroatoms. The van der Waals surface area contributed by atoms with Crippen LogP contribution in [0.25, 0.3) is 22.3 Å². The summed E-state index contributed by atoms with van der Waals surface area (Å²) in [5, 5.41) is 0.610. The molecule has 0 spiro atoms. The third kappa shape index (κ3) is 2.94. The lowest BCUT2D eigenvalue weighted by molar-refractivity contribution is 1.17. The number of para-hydroxylation sites is 1. The van der Waals surface area contributed by atoms with Crippen molar-refractivity contribution in [2.24, 2.45) is 0 Å². The van der Waals surface area contributed by atoms with E-state index in [4.69, 9.17) is 5.73 Å². The number of anilines is 1. The minimum Gasteiger partial charge on any atom is -0.399 e. The number of rotatable bonds is 1. The molecule has 0 aliphatic heterocycles. The number of nitrogens with one attached hydrogen (secondary N) is 1. The Balaban J connectivity index is 0.000000774. The number of H-pyrrole nitrogens is 1. The van der Waals surface area contributed by atoms with Crippen molar-refractivity contribution in [2.75, 3.05) is 5.73 Å². The van der Waals surface area contributed by atoms with E-state index in [1.165, 1.54) is 0 Å². The Morgan fingerprint density at radius 2 is 1.71 bits per heavy atom. The number of hydrogen-bond acceptors (Lipinski definition) is 3. The summed E-state index contributed by atoms with van der Waals surface area (Å²) < 4.78 is 0. The number of aromatic nitrogens is 2. The Bertz CT molecular complexity index is 804. The molecule has 1 heterocycles. The van der Waals surface area contributed by atoms with Crippen molar-refractivity contribution in [3.63, 3.8) is 0 Å². The average molecular weight is 281 g/mol. The third-order valence-corrected chi connectivity index (χ3v) is 3.12. The van der Waals surface area contributed by atoms with E-state index in [2.05, 4.69) is 9.97 Å². The maximum absolute atomic E-state index is 12.1. The van der Waals surface area contributed by atoms with E-state index in [1.807, 2.05) is 45.0 Å². The van der Waals surface area contributed by atoms with E-state index >= 15 is 0 Å². The SMILES string of the molecule is CC.Cc1cccc2c(=O)[nH]c(-c3ccc(N)cc3)nc12. The molecule has 0 aliphatic carbocycles. The molecule has 0 aliphatic rings. The number of nitrogens with two attached hydrogens (primary N) is 1. The number of hydrogen-bond donors (Lipinski definition) is 2. The highest BCUT2D eigenvalue weighted by molar-refractivity contribution is 5.82. The molecule has 0 fully saturated rings. The van der Waals surface area contributed by atoms with Crippen LogP contribution in [0.3, 0.4) is 0 Å². The van der Waals surface area contributed by atoms with Crippen LogP contribution in [0.2, 0.25) is 0 Å². The molecule has 0 bridgehead atoms. The molecule has 3 N–H and O–H groups in total. The lowest BCUT2D eigenvalue weighted by Gasteiger charge is -2.05. The van der Waals surface area contributed by atoms with Crippen molar-refractivity contribution >= 4 is 16.6 Å². The van der Waals surface area contributed by atoms with E-state index < -0.39 is 0 Å². The summed E-state index contributed by atoms with van der Waals surface area (Å²) >= 11 is 0. The van der Waals surface area contributed by atoms with Gasteiger partial charge < -0.3 is 10.7 Å². The van der Waals surface area contributed by atoms with Crippen LogP contribution in [-0.4, -0.2) is 9.97 Å². The van der Waals surface area contributed by atoms with E-state index in [1.54, 1.807) is 18.2 Å². The first kappa shape index (κ1) is 14.8. The molecule has 0 saturated heterocycles. The van der Waals surface area contributed by atoms with Crippen LogP contribution < -0.4 is 11.3 Å². The summed E-state index contributed by atoms with van der Waals surface area (Å²) in [6.07, 6.45) is 0. The van der Waals surface area contributed by atoms with Gasteiger partial charge in [-0.1, -0.05) is 26.0 Å². The maximum Gasteiger partial charge on any atom is 0.259 e. The molecule has 21 heavy (non-hydrogen) atoms. The molecule has 4 nitrogen and oxygen atoms in total. The van der Waals surface area contributed by atoms with Gasteiger partial charge in [-0.25, -0.2) is 4.98 Å². The highest BCUT2D eigenvalue weighted by Crippen LogP contribution is 2.19. The zero-order valence-corrected chi connectivity index (χ0v) is 12.5. The van der Waals surface area contributed by atoms with Gasteiger partial charge in [0.2, 0.25) is 0 Å². The second kappa shape index (κ2) is 6.22. The van der Waals surface area contributed by atoms with Crippen LogP contribution in [0.4, 0.5) is 5.69 Å². The molecule has 0 amide bonds. The van der Waals surface area contributed by atoms with Crippen molar-refractivity contribution in [3.05, 3.63) is 58.4 Å². The van der Waals surface area contributed by atoms with Crippen molar-refractivity contribution in [1.82, 2.24) is 9.97 Å². The normalized spacial score (nSPS) is 10.0. The summed E-state index contributed by atoms with van der Waals surface area (Å²) in [5.41, 5.74) is 8.78. The smallest absolute Gasteiger partial charge is 0.259 e. The van der Waals surface area contributed by atoms with Gasteiger partial charge in [0.15, 0.2) is 0 Å². The van der Waals surface area contributed by atoms with Crippen LogP contribution >= 0.6 is 0 Å². The van der Waals surface area contributed by atoms with Crippen molar-refractivity contribution in [1.29, 1.82) is 0 Å². The second-order valence-corrected chi connectivity index (χ2v) is 4.51. The molecule has 2 aromatic carbocycles. The van der Waals surface area contributed by atoms with Gasteiger partial charge in [0.05, 0.1) is 10.9 Å². The van der Waals surface area contributed by atoms with E-state index in [0.29, 0.717) is 16.9 Å². The summed E-state index contributed by atoms with van der Waals surface area (Å²) in [7, 11) is 0.